The van der Waals surface area contributed by atoms with Crippen LogP contribution in [-0.2, 0) is 0 Å². The van der Waals surface area contributed by atoms with Gasteiger partial charge in [-0.3, -0.25) is 5.10 Å². The number of hydrogen-bond acceptors (Lipinski definition) is 8. The van der Waals surface area contributed by atoms with Gasteiger partial charge in [-0.1, -0.05) is 0 Å². The number of rotatable bonds is 5. The average Bonchev–Trinajstić information content (AvgIpc) is 3.21. The van der Waals surface area contributed by atoms with Gasteiger partial charge < -0.3 is 20.3 Å². The topological polar surface area (TPSA) is 115 Å². The molecular formula is C21H25ClN8O. The van der Waals surface area contributed by atoms with Crippen molar-refractivity contribution in [1.82, 2.24) is 25.5 Å². The van der Waals surface area contributed by atoms with Crippen LogP contribution in [0.15, 0.2) is 36.7 Å². The number of methoxy groups -OCH3 is 1. The Bertz CT molecular complexity index is 1070. The molecule has 0 amide bonds. The second-order valence-corrected chi connectivity index (χ2v) is 7.81. The summed E-state index contributed by atoms with van der Waals surface area (Å²) in [5.74, 6) is 1.88. The molecule has 3 heterocycles. The molecule has 0 saturated carbocycles. The van der Waals surface area contributed by atoms with Crippen LogP contribution >= 0.6 is 12.4 Å². The van der Waals surface area contributed by atoms with E-state index in [1.807, 2.05) is 18.2 Å². The maximum atomic E-state index is 8.82. The fourth-order valence-electron chi connectivity index (χ4n) is 3.57. The van der Waals surface area contributed by atoms with E-state index in [2.05, 4.69) is 61.7 Å². The molecule has 10 heteroatoms. The molecule has 3 N–H and O–H groups in total. The molecule has 1 fully saturated rings. The van der Waals surface area contributed by atoms with E-state index in [0.29, 0.717) is 11.6 Å². The Morgan fingerprint density at radius 2 is 2.03 bits per heavy atom. The number of benzene rings is 1. The second-order valence-electron chi connectivity index (χ2n) is 7.81. The van der Waals surface area contributed by atoms with E-state index in [-0.39, 0.29) is 23.6 Å². The van der Waals surface area contributed by atoms with Crippen LogP contribution in [0.3, 0.4) is 0 Å². The molecule has 1 aromatic carbocycles. The standard InChI is InChI=1S/C21H24N8O.ClH/c1-21(2)13-29(7-6-25-21)15-4-5-16(18(8-15)30-3)17-9-19(28-27-17)26-20-12-23-14(10-22)11-24-20;/h4-5,8-9,11-12,25H,6-7,13H2,1-3H3,(H2,24,26,27,28);1H. The predicted molar refractivity (Wildman–Crippen MR) is 122 cm³/mol. The quantitative estimate of drug-likeness (QED) is 0.554. The lowest BCUT2D eigenvalue weighted by atomic mass is 10.0. The summed E-state index contributed by atoms with van der Waals surface area (Å²) < 4.78 is 5.67. The minimum Gasteiger partial charge on any atom is -0.496 e. The molecule has 9 nitrogen and oxygen atoms in total. The zero-order chi connectivity index (χ0) is 21.1. The Hall–Kier alpha value is -3.35. The largest absolute Gasteiger partial charge is 0.496 e. The number of aromatic nitrogens is 4. The molecule has 0 spiro atoms. The molecule has 0 bridgehead atoms. The predicted octanol–water partition coefficient (Wildman–Crippen LogP) is 3.10. The average molecular weight is 441 g/mol. The fraction of sp³-hybridized carbons (Fsp3) is 0.333. The maximum Gasteiger partial charge on any atom is 0.158 e. The number of anilines is 3. The molecule has 3 aromatic rings. The van der Waals surface area contributed by atoms with E-state index in [4.69, 9.17) is 10.00 Å². The van der Waals surface area contributed by atoms with Gasteiger partial charge in [-0.25, -0.2) is 9.97 Å². The van der Waals surface area contributed by atoms with Gasteiger partial charge >= 0.3 is 0 Å². The number of hydrogen-bond donors (Lipinski definition) is 3. The summed E-state index contributed by atoms with van der Waals surface area (Å²) in [6.07, 6.45) is 2.91. The summed E-state index contributed by atoms with van der Waals surface area (Å²) in [6, 6.07) is 10.0. The first-order valence-corrected chi connectivity index (χ1v) is 9.70. The summed E-state index contributed by atoms with van der Waals surface area (Å²) in [5, 5.41) is 22.8. The zero-order valence-electron chi connectivity index (χ0n) is 17.6. The lowest BCUT2D eigenvalue weighted by Gasteiger charge is -2.40. The number of piperazine rings is 1. The Labute approximate surface area is 187 Å². The van der Waals surface area contributed by atoms with Crippen LogP contribution in [0.2, 0.25) is 0 Å². The van der Waals surface area contributed by atoms with Gasteiger partial charge in [0.15, 0.2) is 11.5 Å². The number of ether oxygens (including phenoxy) is 1. The maximum absolute atomic E-state index is 8.82. The van der Waals surface area contributed by atoms with Crippen LogP contribution in [0.5, 0.6) is 5.75 Å². The SMILES string of the molecule is COc1cc(N2CCNC(C)(C)C2)ccc1-c1cc(Nc2cnc(C#N)cn2)n[nH]1.Cl. The smallest absolute Gasteiger partial charge is 0.158 e. The van der Waals surface area contributed by atoms with Crippen LogP contribution in [0.25, 0.3) is 11.3 Å². The molecule has 0 atom stereocenters. The Kier molecular flexibility index (Phi) is 6.63. The molecule has 162 valence electrons. The monoisotopic (exact) mass is 440 g/mol. The lowest BCUT2D eigenvalue weighted by molar-refractivity contribution is 0.352. The summed E-state index contributed by atoms with van der Waals surface area (Å²) >= 11 is 0. The van der Waals surface area contributed by atoms with E-state index in [1.54, 1.807) is 7.11 Å². The van der Waals surface area contributed by atoms with Crippen LogP contribution < -0.4 is 20.3 Å². The molecule has 1 aliphatic rings. The highest BCUT2D eigenvalue weighted by Crippen LogP contribution is 2.34. The van der Waals surface area contributed by atoms with Gasteiger partial charge in [0.2, 0.25) is 0 Å². The highest BCUT2D eigenvalue weighted by Gasteiger charge is 2.26. The van der Waals surface area contributed by atoms with Gasteiger partial charge in [-0.2, -0.15) is 10.4 Å². The first-order valence-electron chi connectivity index (χ1n) is 9.70. The van der Waals surface area contributed by atoms with Crippen LogP contribution in [-0.4, -0.2) is 52.4 Å². The van der Waals surface area contributed by atoms with Crippen molar-refractivity contribution in [2.75, 3.05) is 37.0 Å². The van der Waals surface area contributed by atoms with Crippen molar-refractivity contribution in [3.63, 3.8) is 0 Å². The number of H-pyrrole nitrogens is 1. The molecule has 2 aromatic heterocycles. The third-order valence-corrected chi connectivity index (χ3v) is 5.01. The van der Waals surface area contributed by atoms with Gasteiger partial charge in [0, 0.05) is 48.6 Å². The number of nitrogens with one attached hydrogen (secondary N) is 3. The number of nitriles is 1. The molecule has 1 saturated heterocycles. The normalized spacial score (nSPS) is 15.0. The molecule has 4 rings (SSSR count). The van der Waals surface area contributed by atoms with Crippen molar-refractivity contribution in [2.24, 2.45) is 0 Å². The Morgan fingerprint density at radius 3 is 2.71 bits per heavy atom. The highest BCUT2D eigenvalue weighted by molar-refractivity contribution is 5.85. The van der Waals surface area contributed by atoms with E-state index < -0.39 is 0 Å². The van der Waals surface area contributed by atoms with Crippen molar-refractivity contribution in [2.45, 2.75) is 19.4 Å². The van der Waals surface area contributed by atoms with Gasteiger partial charge in [0.1, 0.15) is 17.6 Å². The minimum atomic E-state index is 0. The van der Waals surface area contributed by atoms with Gasteiger partial charge in [-0.05, 0) is 26.0 Å². The number of nitrogens with zero attached hydrogens (tertiary/aromatic N) is 5. The van der Waals surface area contributed by atoms with Crippen molar-refractivity contribution in [3.05, 3.63) is 42.4 Å². The third-order valence-electron chi connectivity index (χ3n) is 5.01. The van der Waals surface area contributed by atoms with Gasteiger partial charge in [0.25, 0.3) is 0 Å². The summed E-state index contributed by atoms with van der Waals surface area (Å²) in [5.41, 5.74) is 3.21. The second kappa shape index (κ2) is 9.20. The molecule has 0 aliphatic carbocycles. The van der Waals surface area contributed by atoms with Gasteiger partial charge in [-0.15, -0.1) is 12.4 Å². The fourth-order valence-corrected chi connectivity index (χ4v) is 3.57. The van der Waals surface area contributed by atoms with E-state index in [1.165, 1.54) is 12.4 Å². The molecule has 1 aliphatic heterocycles. The molecule has 0 unspecified atom stereocenters. The van der Waals surface area contributed by atoms with E-state index in [0.717, 1.165) is 42.3 Å². The van der Waals surface area contributed by atoms with E-state index >= 15 is 0 Å². The highest BCUT2D eigenvalue weighted by atomic mass is 35.5. The van der Waals surface area contributed by atoms with Crippen molar-refractivity contribution in [1.29, 1.82) is 5.26 Å². The van der Waals surface area contributed by atoms with Crippen LogP contribution in [0.1, 0.15) is 19.5 Å². The van der Waals surface area contributed by atoms with E-state index in [9.17, 15) is 0 Å². The van der Waals surface area contributed by atoms with Crippen molar-refractivity contribution in [3.8, 4) is 23.1 Å². The first kappa shape index (κ1) is 22.3. The number of halogens is 1. The minimum absolute atomic E-state index is 0. The van der Waals surface area contributed by atoms with Gasteiger partial charge in [0.05, 0.1) is 25.2 Å². The summed E-state index contributed by atoms with van der Waals surface area (Å²) in [6.45, 7) is 7.25. The summed E-state index contributed by atoms with van der Waals surface area (Å²) in [4.78, 5) is 10.5. The van der Waals surface area contributed by atoms with Crippen LogP contribution in [0, 0.1) is 11.3 Å². The third kappa shape index (κ3) is 5.05. The first-order chi connectivity index (χ1) is 14.5. The number of aromatic amines is 1. The zero-order valence-corrected chi connectivity index (χ0v) is 18.5. The Morgan fingerprint density at radius 1 is 1.19 bits per heavy atom. The molecule has 31 heavy (non-hydrogen) atoms. The lowest BCUT2D eigenvalue weighted by Crippen LogP contribution is -2.57. The van der Waals surface area contributed by atoms with Crippen LogP contribution in [0.4, 0.5) is 17.3 Å². The van der Waals surface area contributed by atoms with Crippen molar-refractivity contribution < 1.29 is 4.74 Å². The van der Waals surface area contributed by atoms with Crippen molar-refractivity contribution >= 4 is 29.7 Å². The molecule has 0 radical (unpaired) electrons. The Balaban J connectivity index is 0.00000272. The summed E-state index contributed by atoms with van der Waals surface area (Å²) in [7, 11) is 1.67. The molecular weight excluding hydrogens is 416 g/mol.